The van der Waals surface area contributed by atoms with Crippen molar-refractivity contribution < 1.29 is 19.0 Å². The average molecular weight is 349 g/mol. The molecule has 1 aliphatic heterocycles. The number of rotatable bonds is 4. The van der Waals surface area contributed by atoms with Gasteiger partial charge in [-0.15, -0.1) is 0 Å². The van der Waals surface area contributed by atoms with Gasteiger partial charge in [-0.1, -0.05) is 30.0 Å². The molecule has 1 N–H and O–H groups in total. The van der Waals surface area contributed by atoms with E-state index in [9.17, 15) is 4.79 Å². The van der Waals surface area contributed by atoms with Crippen LogP contribution in [0.25, 0.3) is 6.08 Å². The number of ether oxygens (including phenoxy) is 3. The van der Waals surface area contributed by atoms with Crippen LogP contribution in [0.15, 0.2) is 48.5 Å². The van der Waals surface area contributed by atoms with E-state index < -0.39 is 0 Å². The van der Waals surface area contributed by atoms with Crippen molar-refractivity contribution in [2.24, 2.45) is 0 Å². The fourth-order valence-electron chi connectivity index (χ4n) is 2.42. The van der Waals surface area contributed by atoms with E-state index >= 15 is 0 Å². The van der Waals surface area contributed by atoms with Crippen LogP contribution in [0.4, 0.5) is 0 Å². The van der Waals surface area contributed by atoms with Gasteiger partial charge in [-0.25, -0.2) is 0 Å². The Morgan fingerprint density at radius 2 is 2.04 bits per heavy atom. The zero-order chi connectivity index (χ0) is 18.2. The molecule has 0 aromatic heterocycles. The molecule has 0 spiro atoms. The maximum atomic E-state index is 11.9. The summed E-state index contributed by atoms with van der Waals surface area (Å²) in [6, 6.07) is 13.2. The summed E-state index contributed by atoms with van der Waals surface area (Å²) < 4.78 is 16.5. The molecule has 0 aliphatic carbocycles. The number of hydrogen-bond donors (Lipinski definition) is 1. The number of amides is 1. The second-order valence-electron chi connectivity index (χ2n) is 5.47. The molecule has 0 radical (unpaired) electrons. The lowest BCUT2D eigenvalue weighted by Crippen LogP contribution is -2.20. The van der Waals surface area contributed by atoms with Gasteiger partial charge < -0.3 is 19.5 Å². The Morgan fingerprint density at radius 3 is 2.85 bits per heavy atom. The molecule has 0 saturated carbocycles. The Labute approximate surface area is 152 Å². The van der Waals surface area contributed by atoms with E-state index in [1.54, 1.807) is 19.3 Å². The van der Waals surface area contributed by atoms with E-state index in [2.05, 4.69) is 17.2 Å². The molecule has 26 heavy (non-hydrogen) atoms. The third kappa shape index (κ3) is 4.58. The highest BCUT2D eigenvalue weighted by molar-refractivity contribution is 5.92. The molecule has 1 amide bonds. The Bertz CT molecular complexity index is 846. The van der Waals surface area contributed by atoms with Gasteiger partial charge >= 0.3 is 0 Å². The van der Waals surface area contributed by atoms with Crippen molar-refractivity contribution in [2.75, 3.05) is 26.9 Å². The Kier molecular flexibility index (Phi) is 5.79. The molecule has 2 aromatic rings. The smallest absolute Gasteiger partial charge is 0.244 e. The summed E-state index contributed by atoms with van der Waals surface area (Å²) in [5.74, 6) is 7.47. The second-order valence-corrected chi connectivity index (χ2v) is 5.47. The van der Waals surface area contributed by atoms with Crippen molar-refractivity contribution in [1.29, 1.82) is 0 Å². The molecule has 0 saturated heterocycles. The molecule has 5 nitrogen and oxygen atoms in total. The van der Waals surface area contributed by atoms with E-state index in [1.807, 2.05) is 36.4 Å². The van der Waals surface area contributed by atoms with Crippen molar-refractivity contribution >= 4 is 12.0 Å². The molecule has 0 fully saturated rings. The minimum atomic E-state index is -0.221. The zero-order valence-electron chi connectivity index (χ0n) is 14.5. The van der Waals surface area contributed by atoms with Gasteiger partial charge in [0.1, 0.15) is 13.2 Å². The Morgan fingerprint density at radius 1 is 1.23 bits per heavy atom. The van der Waals surface area contributed by atoms with Gasteiger partial charge in [0.2, 0.25) is 11.7 Å². The Hall–Kier alpha value is -3.39. The minimum Gasteiger partial charge on any atom is -0.493 e. The summed E-state index contributed by atoms with van der Waals surface area (Å²) >= 11 is 0. The molecule has 0 atom stereocenters. The average Bonchev–Trinajstić information content (AvgIpc) is 2.69. The first-order chi connectivity index (χ1) is 12.8. The van der Waals surface area contributed by atoms with E-state index in [0.717, 1.165) is 11.1 Å². The summed E-state index contributed by atoms with van der Waals surface area (Å²) in [7, 11) is 1.57. The van der Waals surface area contributed by atoms with Crippen molar-refractivity contribution in [1.82, 2.24) is 5.32 Å². The van der Waals surface area contributed by atoms with Gasteiger partial charge in [0.25, 0.3) is 0 Å². The molecule has 0 unspecified atom stereocenters. The van der Waals surface area contributed by atoms with Crippen LogP contribution in [0.5, 0.6) is 17.2 Å². The van der Waals surface area contributed by atoms with Crippen LogP contribution in [0, 0.1) is 11.8 Å². The van der Waals surface area contributed by atoms with Crippen molar-refractivity contribution in [3.8, 4) is 29.1 Å². The number of fused-ring (bicyclic) bond motifs is 1. The van der Waals surface area contributed by atoms with Crippen molar-refractivity contribution in [2.45, 2.75) is 0 Å². The predicted octanol–water partition coefficient (Wildman–Crippen LogP) is 2.65. The second kappa shape index (κ2) is 8.63. The number of nitrogens with one attached hydrogen (secondary N) is 1. The van der Waals surface area contributed by atoms with Crippen LogP contribution in [0.1, 0.15) is 11.1 Å². The monoisotopic (exact) mass is 349 g/mol. The van der Waals surface area contributed by atoms with Crippen LogP contribution in [-0.4, -0.2) is 32.8 Å². The highest BCUT2D eigenvalue weighted by Crippen LogP contribution is 2.40. The standard InChI is InChI=1S/C21H19NO4/c1-24-18-14-17(15-19-21(18)26-13-12-25-19)9-10-20(23)22-11-5-8-16-6-3-2-4-7-16/h2-4,6-7,9-10,14-15H,11-13H2,1H3,(H,22,23)/b10-9+. The SMILES string of the molecule is COc1cc(/C=C/C(=O)NCC#Cc2ccccc2)cc2c1OCCO2. The zero-order valence-corrected chi connectivity index (χ0v) is 14.5. The van der Waals surface area contributed by atoms with Crippen LogP contribution in [0.2, 0.25) is 0 Å². The van der Waals surface area contributed by atoms with Gasteiger partial charge in [0.15, 0.2) is 11.5 Å². The minimum absolute atomic E-state index is 0.221. The summed E-state index contributed by atoms with van der Waals surface area (Å²) in [4.78, 5) is 11.9. The van der Waals surface area contributed by atoms with Crippen LogP contribution in [0.3, 0.4) is 0 Å². The number of hydrogen-bond acceptors (Lipinski definition) is 4. The van der Waals surface area contributed by atoms with Gasteiger partial charge in [0.05, 0.1) is 13.7 Å². The molecule has 1 aliphatic rings. The lowest BCUT2D eigenvalue weighted by Gasteiger charge is -2.20. The van der Waals surface area contributed by atoms with Gasteiger partial charge in [-0.3, -0.25) is 4.79 Å². The van der Waals surface area contributed by atoms with Gasteiger partial charge in [-0.05, 0) is 35.9 Å². The molecular formula is C21H19NO4. The molecule has 3 rings (SSSR count). The highest BCUT2D eigenvalue weighted by atomic mass is 16.6. The van der Waals surface area contributed by atoms with Crippen LogP contribution >= 0.6 is 0 Å². The van der Waals surface area contributed by atoms with Crippen molar-refractivity contribution in [3.05, 3.63) is 59.7 Å². The summed E-state index contributed by atoms with van der Waals surface area (Å²) in [6.45, 7) is 1.26. The van der Waals surface area contributed by atoms with E-state index in [0.29, 0.717) is 30.5 Å². The molecule has 1 heterocycles. The maximum Gasteiger partial charge on any atom is 0.244 e. The third-order valence-corrected chi connectivity index (χ3v) is 3.63. The van der Waals surface area contributed by atoms with Gasteiger partial charge in [-0.2, -0.15) is 0 Å². The number of benzene rings is 2. The molecule has 132 valence electrons. The summed E-state index contributed by atoms with van der Waals surface area (Å²) in [5.41, 5.74) is 1.71. The van der Waals surface area contributed by atoms with E-state index in [-0.39, 0.29) is 12.5 Å². The third-order valence-electron chi connectivity index (χ3n) is 3.63. The first-order valence-electron chi connectivity index (χ1n) is 8.24. The largest absolute Gasteiger partial charge is 0.493 e. The summed E-state index contributed by atoms with van der Waals surface area (Å²) in [6.07, 6.45) is 3.15. The fourth-order valence-corrected chi connectivity index (χ4v) is 2.42. The normalized spacial score (nSPS) is 12.2. The Balaban J connectivity index is 1.59. The number of carbonyl (C=O) groups is 1. The summed E-state index contributed by atoms with van der Waals surface area (Å²) in [5, 5.41) is 2.73. The lowest BCUT2D eigenvalue weighted by molar-refractivity contribution is -0.116. The van der Waals surface area contributed by atoms with E-state index in [1.165, 1.54) is 6.08 Å². The van der Waals surface area contributed by atoms with Crippen molar-refractivity contribution in [3.63, 3.8) is 0 Å². The fraction of sp³-hybridized carbons (Fsp3) is 0.190. The predicted molar refractivity (Wildman–Crippen MR) is 99.3 cm³/mol. The van der Waals surface area contributed by atoms with Crippen LogP contribution < -0.4 is 19.5 Å². The topological polar surface area (TPSA) is 56.8 Å². The number of carbonyl (C=O) groups excluding carboxylic acids is 1. The van der Waals surface area contributed by atoms with Gasteiger partial charge in [0, 0.05) is 11.6 Å². The first kappa shape index (κ1) is 17.4. The van der Waals surface area contributed by atoms with Crippen LogP contribution in [-0.2, 0) is 4.79 Å². The molecule has 2 aromatic carbocycles. The van der Waals surface area contributed by atoms with E-state index in [4.69, 9.17) is 14.2 Å². The lowest BCUT2D eigenvalue weighted by atomic mass is 10.1. The molecular weight excluding hydrogens is 330 g/mol. The quantitative estimate of drug-likeness (QED) is 0.681. The molecule has 5 heteroatoms. The maximum absolute atomic E-state index is 11.9. The highest BCUT2D eigenvalue weighted by Gasteiger charge is 2.17. The first-order valence-corrected chi connectivity index (χ1v) is 8.24. The molecule has 0 bridgehead atoms. The number of methoxy groups -OCH3 is 1.